The molecule has 3 heteroatoms. The van der Waals surface area contributed by atoms with Crippen LogP contribution in [0.3, 0.4) is 0 Å². The van der Waals surface area contributed by atoms with Crippen molar-refractivity contribution in [2.45, 2.75) is 27.2 Å². The van der Waals surface area contributed by atoms with Gasteiger partial charge >= 0.3 is 0 Å². The first-order chi connectivity index (χ1) is 9.19. The minimum Gasteiger partial charge on any atom is -0.380 e. The minimum atomic E-state index is 0.230. The van der Waals surface area contributed by atoms with E-state index in [1.165, 1.54) is 0 Å². The number of carbonyl (C=O) groups excluding carboxylic acids is 1. The largest absolute Gasteiger partial charge is 0.380 e. The third-order valence-electron chi connectivity index (χ3n) is 3.30. The van der Waals surface area contributed by atoms with Crippen LogP contribution in [0.4, 0.5) is 0 Å². The highest BCUT2D eigenvalue weighted by molar-refractivity contribution is 5.97. The van der Waals surface area contributed by atoms with Gasteiger partial charge in [-0.1, -0.05) is 31.2 Å². The van der Waals surface area contributed by atoms with E-state index in [4.69, 9.17) is 4.74 Å². The van der Waals surface area contributed by atoms with Crippen LogP contribution >= 0.6 is 0 Å². The summed E-state index contributed by atoms with van der Waals surface area (Å²) >= 11 is 0. The number of ketones is 1. The van der Waals surface area contributed by atoms with Gasteiger partial charge in [0, 0.05) is 31.7 Å². The van der Waals surface area contributed by atoms with Crippen LogP contribution in [0.1, 0.15) is 36.2 Å². The maximum atomic E-state index is 12.2. The van der Waals surface area contributed by atoms with Crippen molar-refractivity contribution < 1.29 is 9.53 Å². The van der Waals surface area contributed by atoms with E-state index < -0.39 is 0 Å². The van der Waals surface area contributed by atoms with Crippen LogP contribution < -0.4 is 0 Å². The Hall–Kier alpha value is -1.19. The molecule has 0 aliphatic carbocycles. The first kappa shape index (κ1) is 15.9. The van der Waals surface area contributed by atoms with Crippen molar-refractivity contribution in [1.29, 1.82) is 0 Å². The molecule has 0 atom stereocenters. The van der Waals surface area contributed by atoms with Crippen molar-refractivity contribution in [3.8, 4) is 0 Å². The van der Waals surface area contributed by atoms with Gasteiger partial charge in [0.2, 0.25) is 0 Å². The highest BCUT2D eigenvalue weighted by Crippen LogP contribution is 2.10. The lowest BCUT2D eigenvalue weighted by atomic mass is 10.0. The van der Waals surface area contributed by atoms with Crippen molar-refractivity contribution in [3.63, 3.8) is 0 Å². The molecule has 0 fully saturated rings. The molecule has 0 amide bonds. The normalized spacial score (nSPS) is 10.9. The quantitative estimate of drug-likeness (QED) is 0.507. The van der Waals surface area contributed by atoms with E-state index in [1.807, 2.05) is 38.1 Å². The second-order valence-electron chi connectivity index (χ2n) is 4.62. The Kier molecular flexibility index (Phi) is 7.38. The molecule has 3 nitrogen and oxygen atoms in total. The summed E-state index contributed by atoms with van der Waals surface area (Å²) in [6.07, 6.45) is 0.574. The van der Waals surface area contributed by atoms with E-state index in [0.717, 1.165) is 44.0 Å². The van der Waals surface area contributed by atoms with Gasteiger partial charge in [-0.3, -0.25) is 4.79 Å². The molecule has 0 radical (unpaired) electrons. The Labute approximate surface area is 116 Å². The highest BCUT2D eigenvalue weighted by atomic mass is 16.5. The first-order valence-electron chi connectivity index (χ1n) is 7.08. The number of Topliss-reactive ketones (excluding diaryl/α,β-unsaturated/α-hetero) is 1. The zero-order valence-electron chi connectivity index (χ0n) is 12.3. The van der Waals surface area contributed by atoms with E-state index in [0.29, 0.717) is 6.42 Å². The number of hydrogen-bond donors (Lipinski definition) is 0. The van der Waals surface area contributed by atoms with Crippen LogP contribution in [-0.2, 0) is 4.74 Å². The maximum Gasteiger partial charge on any atom is 0.164 e. The molecule has 0 bridgehead atoms. The van der Waals surface area contributed by atoms with E-state index in [1.54, 1.807) is 0 Å². The molecule has 106 valence electrons. The van der Waals surface area contributed by atoms with E-state index in [2.05, 4.69) is 11.8 Å². The Morgan fingerprint density at radius 1 is 1.21 bits per heavy atom. The number of aryl methyl sites for hydroxylation is 1. The van der Waals surface area contributed by atoms with Crippen LogP contribution in [0.25, 0.3) is 0 Å². The number of carbonyl (C=O) groups is 1. The molecule has 1 aromatic rings. The topological polar surface area (TPSA) is 29.5 Å². The lowest BCUT2D eigenvalue weighted by Crippen LogP contribution is -2.29. The molecule has 0 heterocycles. The fraction of sp³-hybridized carbons (Fsp3) is 0.562. The summed E-state index contributed by atoms with van der Waals surface area (Å²) in [6.45, 7) is 10.2. The van der Waals surface area contributed by atoms with Gasteiger partial charge in [-0.15, -0.1) is 0 Å². The van der Waals surface area contributed by atoms with Gasteiger partial charge in [0.15, 0.2) is 5.78 Å². The lowest BCUT2D eigenvalue weighted by Gasteiger charge is -2.19. The van der Waals surface area contributed by atoms with Crippen molar-refractivity contribution in [1.82, 2.24) is 4.90 Å². The number of benzene rings is 1. The van der Waals surface area contributed by atoms with Gasteiger partial charge in [-0.2, -0.15) is 0 Å². The number of nitrogens with zero attached hydrogens (tertiary/aromatic N) is 1. The van der Waals surface area contributed by atoms with Crippen molar-refractivity contribution in [2.24, 2.45) is 0 Å². The van der Waals surface area contributed by atoms with E-state index in [9.17, 15) is 4.79 Å². The smallest absolute Gasteiger partial charge is 0.164 e. The molecule has 19 heavy (non-hydrogen) atoms. The standard InChI is InChI=1S/C16H25NO2/c1-4-17(12-13-19-5-2)11-10-16(18)15-9-7-6-8-14(15)3/h6-9H,4-5,10-13H2,1-3H3. The second-order valence-corrected chi connectivity index (χ2v) is 4.62. The van der Waals surface area contributed by atoms with Gasteiger partial charge in [-0.05, 0) is 26.0 Å². The third kappa shape index (κ3) is 5.53. The molecule has 0 aliphatic rings. The summed E-state index contributed by atoms with van der Waals surface area (Å²) in [7, 11) is 0. The molecule has 1 rings (SSSR count). The van der Waals surface area contributed by atoms with Gasteiger partial charge < -0.3 is 9.64 Å². The Morgan fingerprint density at radius 3 is 2.58 bits per heavy atom. The summed E-state index contributed by atoms with van der Waals surface area (Å²) in [4.78, 5) is 14.4. The van der Waals surface area contributed by atoms with Crippen LogP contribution in [0, 0.1) is 6.92 Å². The van der Waals surface area contributed by atoms with Crippen molar-refractivity contribution in [3.05, 3.63) is 35.4 Å². The van der Waals surface area contributed by atoms with E-state index in [-0.39, 0.29) is 5.78 Å². The molecule has 0 spiro atoms. The Morgan fingerprint density at radius 2 is 1.95 bits per heavy atom. The average Bonchev–Trinajstić information content (AvgIpc) is 2.43. The highest BCUT2D eigenvalue weighted by Gasteiger charge is 2.10. The molecule has 0 unspecified atom stereocenters. The SMILES string of the molecule is CCOCCN(CC)CCC(=O)c1ccccc1C. The van der Waals surface area contributed by atoms with Gasteiger partial charge in [0.1, 0.15) is 0 Å². The summed E-state index contributed by atoms with van der Waals surface area (Å²) in [6, 6.07) is 7.79. The number of rotatable bonds is 9. The first-order valence-corrected chi connectivity index (χ1v) is 7.08. The molecule has 0 aromatic heterocycles. The molecule has 0 N–H and O–H groups in total. The second kappa shape index (κ2) is 8.83. The van der Waals surface area contributed by atoms with Crippen molar-refractivity contribution in [2.75, 3.05) is 32.8 Å². The number of hydrogen-bond acceptors (Lipinski definition) is 3. The van der Waals surface area contributed by atoms with Crippen LogP contribution in [0.5, 0.6) is 0 Å². The zero-order valence-corrected chi connectivity index (χ0v) is 12.3. The minimum absolute atomic E-state index is 0.230. The predicted molar refractivity (Wildman–Crippen MR) is 78.7 cm³/mol. The fourth-order valence-corrected chi connectivity index (χ4v) is 2.05. The zero-order chi connectivity index (χ0) is 14.1. The number of likely N-dealkylation sites (N-methyl/N-ethyl adjacent to an activating group) is 1. The lowest BCUT2D eigenvalue weighted by molar-refractivity contribution is 0.0929. The maximum absolute atomic E-state index is 12.2. The average molecular weight is 263 g/mol. The monoisotopic (exact) mass is 263 g/mol. The molecule has 0 saturated carbocycles. The fourth-order valence-electron chi connectivity index (χ4n) is 2.05. The summed E-state index contributed by atoms with van der Waals surface area (Å²) in [5.41, 5.74) is 1.91. The molecular weight excluding hydrogens is 238 g/mol. The van der Waals surface area contributed by atoms with Gasteiger partial charge in [-0.25, -0.2) is 0 Å². The van der Waals surface area contributed by atoms with Crippen LogP contribution in [-0.4, -0.2) is 43.5 Å². The molecular formula is C16H25NO2. The third-order valence-corrected chi connectivity index (χ3v) is 3.30. The van der Waals surface area contributed by atoms with Crippen LogP contribution in [0.2, 0.25) is 0 Å². The Balaban J connectivity index is 2.42. The molecule has 1 aromatic carbocycles. The number of ether oxygens (including phenoxy) is 1. The molecule has 0 saturated heterocycles. The summed E-state index contributed by atoms with van der Waals surface area (Å²) < 4.78 is 5.35. The predicted octanol–water partition coefficient (Wildman–Crippen LogP) is 2.93. The van der Waals surface area contributed by atoms with Crippen LogP contribution in [0.15, 0.2) is 24.3 Å². The van der Waals surface area contributed by atoms with Gasteiger partial charge in [0.25, 0.3) is 0 Å². The van der Waals surface area contributed by atoms with Crippen molar-refractivity contribution >= 4 is 5.78 Å². The Bertz CT molecular complexity index is 390. The molecule has 0 aliphatic heterocycles. The van der Waals surface area contributed by atoms with Gasteiger partial charge in [0.05, 0.1) is 6.61 Å². The summed E-state index contributed by atoms with van der Waals surface area (Å²) in [5, 5.41) is 0. The van der Waals surface area contributed by atoms with E-state index >= 15 is 0 Å². The summed E-state index contributed by atoms with van der Waals surface area (Å²) in [5.74, 6) is 0.230.